The minimum Gasteiger partial charge on any atom is -0.494 e. The Labute approximate surface area is 169 Å². The fourth-order valence-corrected chi connectivity index (χ4v) is 2.84. The fourth-order valence-electron chi connectivity index (χ4n) is 2.35. The molecule has 7 heteroatoms. The summed E-state index contributed by atoms with van der Waals surface area (Å²) >= 11 is 11.8. The van der Waals surface area contributed by atoms with Crippen LogP contribution in [0.5, 0.6) is 5.75 Å². The molecule has 0 spiro atoms. The van der Waals surface area contributed by atoms with Crippen LogP contribution in [0.4, 0.5) is 0 Å². The van der Waals surface area contributed by atoms with Crippen molar-refractivity contribution in [1.29, 1.82) is 0 Å². The highest BCUT2D eigenvalue weighted by atomic mass is 35.5. The monoisotopic (exact) mass is 408 g/mol. The van der Waals surface area contributed by atoms with Gasteiger partial charge in [-0.1, -0.05) is 49.4 Å². The summed E-state index contributed by atoms with van der Waals surface area (Å²) < 4.78 is 5.64. The first-order chi connectivity index (χ1) is 13.0. The van der Waals surface area contributed by atoms with Crippen LogP contribution in [0.3, 0.4) is 0 Å². The molecule has 5 nitrogen and oxygen atoms in total. The molecule has 2 aromatic rings. The van der Waals surface area contributed by atoms with Gasteiger partial charge in [-0.15, -0.1) is 0 Å². The van der Waals surface area contributed by atoms with Gasteiger partial charge < -0.3 is 4.74 Å². The summed E-state index contributed by atoms with van der Waals surface area (Å²) in [6, 6.07) is 11.2. The van der Waals surface area contributed by atoms with Crippen LogP contribution in [0.25, 0.3) is 0 Å². The van der Waals surface area contributed by atoms with Crippen LogP contribution in [0.2, 0.25) is 10.0 Å². The predicted molar refractivity (Wildman–Crippen MR) is 107 cm³/mol. The van der Waals surface area contributed by atoms with Crippen molar-refractivity contribution in [3.8, 4) is 5.75 Å². The number of halogens is 2. The fraction of sp³-hybridized carbons (Fsp3) is 0.300. The number of benzene rings is 2. The van der Waals surface area contributed by atoms with Gasteiger partial charge in [0.15, 0.2) is 0 Å². The lowest BCUT2D eigenvalue weighted by atomic mass is 10.2. The first kappa shape index (κ1) is 21.1. The summed E-state index contributed by atoms with van der Waals surface area (Å²) in [6.45, 7) is 2.82. The Hall–Kier alpha value is -2.24. The van der Waals surface area contributed by atoms with Gasteiger partial charge >= 0.3 is 0 Å². The quantitative estimate of drug-likeness (QED) is 0.475. The number of nitrogens with one attached hydrogen (secondary N) is 2. The van der Waals surface area contributed by atoms with E-state index in [0.29, 0.717) is 22.9 Å². The van der Waals surface area contributed by atoms with Crippen LogP contribution in [-0.2, 0) is 0 Å². The summed E-state index contributed by atoms with van der Waals surface area (Å²) in [7, 11) is 0. The van der Waals surface area contributed by atoms with E-state index in [2.05, 4.69) is 17.8 Å². The molecule has 27 heavy (non-hydrogen) atoms. The van der Waals surface area contributed by atoms with Gasteiger partial charge in [0.2, 0.25) is 0 Å². The average molecular weight is 409 g/mol. The van der Waals surface area contributed by atoms with Crippen LogP contribution in [0, 0.1) is 0 Å². The summed E-state index contributed by atoms with van der Waals surface area (Å²) in [5.74, 6) is -0.264. The zero-order valence-corrected chi connectivity index (χ0v) is 16.6. The maximum atomic E-state index is 12.1. The number of hydrogen-bond donors (Lipinski definition) is 2. The van der Waals surface area contributed by atoms with Crippen molar-refractivity contribution in [2.45, 2.75) is 32.6 Å². The number of hydrazine groups is 1. The summed E-state index contributed by atoms with van der Waals surface area (Å²) in [5, 5.41) is 0.628. The van der Waals surface area contributed by atoms with Gasteiger partial charge in [-0.25, -0.2) is 0 Å². The lowest BCUT2D eigenvalue weighted by Crippen LogP contribution is -2.41. The highest BCUT2D eigenvalue weighted by molar-refractivity contribution is 6.36. The molecule has 0 saturated heterocycles. The topological polar surface area (TPSA) is 67.4 Å². The SMILES string of the molecule is CCCCCCOc1ccc(C(=O)NNC(=O)c2ccc(Cl)cc2Cl)cc1. The van der Waals surface area contributed by atoms with Crippen LogP contribution in [0.15, 0.2) is 42.5 Å². The Morgan fingerprint density at radius 1 is 0.926 bits per heavy atom. The third kappa shape index (κ3) is 6.77. The molecule has 0 radical (unpaired) electrons. The van der Waals surface area contributed by atoms with Gasteiger partial charge in [-0.3, -0.25) is 20.4 Å². The van der Waals surface area contributed by atoms with E-state index >= 15 is 0 Å². The first-order valence-corrected chi connectivity index (χ1v) is 9.55. The zero-order chi connectivity index (χ0) is 19.6. The number of unbranched alkanes of at least 4 members (excludes halogenated alkanes) is 3. The largest absolute Gasteiger partial charge is 0.494 e. The predicted octanol–water partition coefficient (Wildman–Crippen LogP) is 5.03. The molecule has 0 heterocycles. The normalized spacial score (nSPS) is 10.3. The van der Waals surface area contributed by atoms with Crippen LogP contribution < -0.4 is 15.6 Å². The molecule has 0 fully saturated rings. The lowest BCUT2D eigenvalue weighted by molar-refractivity contribution is 0.0846. The minimum atomic E-state index is -0.531. The second-order valence-electron chi connectivity index (χ2n) is 5.97. The van der Waals surface area contributed by atoms with E-state index in [4.69, 9.17) is 27.9 Å². The zero-order valence-electron chi connectivity index (χ0n) is 15.1. The van der Waals surface area contributed by atoms with Gasteiger partial charge in [-0.2, -0.15) is 0 Å². The van der Waals surface area contributed by atoms with E-state index in [1.807, 2.05) is 0 Å². The number of hydrogen-bond acceptors (Lipinski definition) is 3. The number of carbonyl (C=O) groups is 2. The molecule has 0 aliphatic heterocycles. The molecule has 144 valence electrons. The lowest BCUT2D eigenvalue weighted by Gasteiger charge is -2.10. The number of rotatable bonds is 8. The van der Waals surface area contributed by atoms with Gasteiger partial charge in [0.05, 0.1) is 17.2 Å². The Morgan fingerprint density at radius 3 is 2.30 bits per heavy atom. The van der Waals surface area contributed by atoms with Crippen molar-refractivity contribution >= 4 is 35.0 Å². The Balaban J connectivity index is 1.82. The molecule has 2 amide bonds. The molecule has 0 atom stereocenters. The van der Waals surface area contributed by atoms with Gasteiger partial charge in [-0.05, 0) is 48.9 Å². The summed E-state index contributed by atoms with van der Waals surface area (Å²) in [4.78, 5) is 24.2. The molecule has 2 rings (SSSR count). The van der Waals surface area contributed by atoms with E-state index in [0.717, 1.165) is 12.8 Å². The molecular formula is C20H22Cl2N2O3. The maximum Gasteiger partial charge on any atom is 0.271 e. The first-order valence-electron chi connectivity index (χ1n) is 8.80. The van der Waals surface area contributed by atoms with Gasteiger partial charge in [0.1, 0.15) is 5.75 Å². The molecule has 0 saturated carbocycles. The molecule has 0 aliphatic carbocycles. The van der Waals surface area contributed by atoms with E-state index in [1.54, 1.807) is 30.3 Å². The van der Waals surface area contributed by atoms with Crippen molar-refractivity contribution in [2.24, 2.45) is 0 Å². The van der Waals surface area contributed by atoms with Gasteiger partial charge in [0.25, 0.3) is 11.8 Å². The van der Waals surface area contributed by atoms with Crippen LogP contribution in [0.1, 0.15) is 53.3 Å². The van der Waals surface area contributed by atoms with Crippen LogP contribution in [-0.4, -0.2) is 18.4 Å². The third-order valence-electron chi connectivity index (χ3n) is 3.85. The summed E-state index contributed by atoms with van der Waals surface area (Å²) in [6.07, 6.45) is 4.55. The van der Waals surface area contributed by atoms with Crippen molar-refractivity contribution in [2.75, 3.05) is 6.61 Å². The molecule has 2 aromatic carbocycles. The molecule has 0 unspecified atom stereocenters. The minimum absolute atomic E-state index is 0.203. The van der Waals surface area contributed by atoms with Crippen molar-refractivity contribution in [3.63, 3.8) is 0 Å². The number of carbonyl (C=O) groups excluding carboxylic acids is 2. The Bertz CT molecular complexity index is 779. The third-order valence-corrected chi connectivity index (χ3v) is 4.40. The molecule has 0 aromatic heterocycles. The highest BCUT2D eigenvalue weighted by Crippen LogP contribution is 2.20. The van der Waals surface area contributed by atoms with E-state index < -0.39 is 11.8 Å². The van der Waals surface area contributed by atoms with Crippen molar-refractivity contribution in [3.05, 3.63) is 63.6 Å². The molecular weight excluding hydrogens is 387 g/mol. The standard InChI is InChI=1S/C20H22Cl2N2O3/c1-2-3-4-5-12-27-16-9-6-14(7-10-16)19(25)23-24-20(26)17-11-8-15(21)13-18(17)22/h6-11,13H,2-5,12H2,1H3,(H,23,25)(H,24,26). The van der Waals surface area contributed by atoms with Crippen molar-refractivity contribution < 1.29 is 14.3 Å². The number of ether oxygens (including phenoxy) is 1. The average Bonchev–Trinajstić information content (AvgIpc) is 2.66. The van der Waals surface area contributed by atoms with E-state index in [9.17, 15) is 9.59 Å². The maximum absolute atomic E-state index is 12.1. The van der Waals surface area contributed by atoms with Crippen molar-refractivity contribution in [1.82, 2.24) is 10.9 Å². The van der Waals surface area contributed by atoms with E-state index in [-0.39, 0.29) is 10.6 Å². The number of amides is 2. The summed E-state index contributed by atoms with van der Waals surface area (Å²) in [5.41, 5.74) is 5.30. The van der Waals surface area contributed by atoms with E-state index in [1.165, 1.54) is 25.0 Å². The Morgan fingerprint density at radius 2 is 1.63 bits per heavy atom. The molecule has 0 bridgehead atoms. The van der Waals surface area contributed by atoms with Gasteiger partial charge in [0, 0.05) is 10.6 Å². The molecule has 2 N–H and O–H groups in total. The highest BCUT2D eigenvalue weighted by Gasteiger charge is 2.12. The Kier molecular flexibility index (Phi) is 8.43. The second-order valence-corrected chi connectivity index (χ2v) is 6.81. The second kappa shape index (κ2) is 10.8. The van der Waals surface area contributed by atoms with Crippen LogP contribution >= 0.6 is 23.2 Å². The molecule has 0 aliphatic rings. The smallest absolute Gasteiger partial charge is 0.271 e.